The van der Waals surface area contributed by atoms with E-state index in [-0.39, 0.29) is 19.0 Å². The van der Waals surface area contributed by atoms with Crippen LogP contribution in [0.15, 0.2) is 30.0 Å². The topological polar surface area (TPSA) is 76.0 Å². The van der Waals surface area contributed by atoms with Crippen LogP contribution in [-0.2, 0) is 16.1 Å². The molecule has 0 aromatic heterocycles. The van der Waals surface area contributed by atoms with Crippen LogP contribution in [0.25, 0.3) is 0 Å². The first-order valence-corrected chi connectivity index (χ1v) is 5.40. The Morgan fingerprint density at radius 2 is 2.11 bits per heavy atom. The van der Waals surface area contributed by atoms with E-state index in [0.717, 1.165) is 5.56 Å². The maximum atomic E-state index is 11.4. The van der Waals surface area contributed by atoms with Crippen LogP contribution >= 0.6 is 0 Å². The van der Waals surface area contributed by atoms with E-state index in [1.807, 2.05) is 6.92 Å². The molecule has 0 saturated carbocycles. The lowest BCUT2D eigenvalue weighted by Gasteiger charge is -2.11. The third kappa shape index (κ3) is 3.58. The fraction of sp³-hybridized carbons (Fsp3) is 0.308. The van der Waals surface area contributed by atoms with Gasteiger partial charge in [0.05, 0.1) is 20.3 Å². The number of hydrogen-bond donors (Lipinski definition) is 2. The highest BCUT2D eigenvalue weighted by Crippen LogP contribution is 2.22. The number of carbonyl (C=O) groups excluding carboxylic acids is 1. The minimum absolute atomic E-state index is 0.0850. The van der Waals surface area contributed by atoms with Crippen molar-refractivity contribution in [3.8, 4) is 5.75 Å². The summed E-state index contributed by atoms with van der Waals surface area (Å²) < 4.78 is 9.94. The molecule has 0 atom stereocenters. The lowest BCUT2D eigenvalue weighted by molar-refractivity contribution is -0.138. The minimum atomic E-state index is -0.669. The lowest BCUT2D eigenvalue weighted by Crippen LogP contribution is -2.12. The van der Waals surface area contributed by atoms with Gasteiger partial charge in [0.15, 0.2) is 0 Å². The van der Waals surface area contributed by atoms with E-state index < -0.39 is 5.97 Å². The van der Waals surface area contributed by atoms with Crippen LogP contribution in [0.2, 0.25) is 0 Å². The van der Waals surface area contributed by atoms with Crippen LogP contribution in [0.5, 0.6) is 5.75 Å². The molecule has 1 rings (SSSR count). The molecular formula is C13H16O5. The number of methoxy groups -OCH3 is 1. The Balaban J connectivity index is 3.00. The van der Waals surface area contributed by atoms with Crippen LogP contribution in [0.4, 0.5) is 0 Å². The molecule has 0 bridgehead atoms. The Morgan fingerprint density at radius 1 is 1.39 bits per heavy atom. The molecule has 1 aromatic carbocycles. The summed E-state index contributed by atoms with van der Waals surface area (Å²) in [5.74, 6) is -0.317. The smallest absolute Gasteiger partial charge is 0.373 e. The van der Waals surface area contributed by atoms with E-state index in [2.05, 4.69) is 4.74 Å². The second-order valence-electron chi connectivity index (χ2n) is 3.60. The molecule has 0 saturated heterocycles. The number of aryl methyl sites for hydroxylation is 1. The zero-order chi connectivity index (χ0) is 13.5. The van der Waals surface area contributed by atoms with Gasteiger partial charge >= 0.3 is 5.97 Å². The first-order chi connectivity index (χ1) is 8.62. The molecule has 0 spiro atoms. The van der Waals surface area contributed by atoms with Crippen LogP contribution in [-0.4, -0.2) is 29.9 Å². The molecule has 0 amide bonds. The van der Waals surface area contributed by atoms with E-state index in [0.29, 0.717) is 11.3 Å². The van der Waals surface area contributed by atoms with Crippen LogP contribution in [0.1, 0.15) is 11.1 Å². The zero-order valence-corrected chi connectivity index (χ0v) is 10.3. The van der Waals surface area contributed by atoms with Gasteiger partial charge in [0, 0.05) is 0 Å². The van der Waals surface area contributed by atoms with Gasteiger partial charge in [-0.1, -0.05) is 12.1 Å². The molecule has 5 nitrogen and oxygen atoms in total. The fourth-order valence-corrected chi connectivity index (χ4v) is 1.32. The number of ether oxygens (including phenoxy) is 2. The highest BCUT2D eigenvalue weighted by atomic mass is 16.6. The average molecular weight is 252 g/mol. The van der Waals surface area contributed by atoms with Gasteiger partial charge in [0.25, 0.3) is 0 Å². The van der Waals surface area contributed by atoms with Crippen molar-refractivity contribution in [2.24, 2.45) is 0 Å². The van der Waals surface area contributed by atoms with Gasteiger partial charge in [-0.15, -0.1) is 0 Å². The summed E-state index contributed by atoms with van der Waals surface area (Å²) >= 11 is 0. The standard InChI is InChI=1S/C13H16O5/c1-9-3-4-10(8-15)7-12(9)18-11(5-6-14)13(16)17-2/h3-5,7,14-15H,6,8H2,1-2H3/b11-5-. The van der Waals surface area contributed by atoms with Gasteiger partial charge in [-0.25, -0.2) is 4.79 Å². The second kappa shape index (κ2) is 6.78. The van der Waals surface area contributed by atoms with E-state index in [1.54, 1.807) is 18.2 Å². The van der Waals surface area contributed by atoms with Crippen molar-refractivity contribution in [1.82, 2.24) is 0 Å². The lowest BCUT2D eigenvalue weighted by atomic mass is 10.1. The Morgan fingerprint density at radius 3 is 2.67 bits per heavy atom. The first kappa shape index (κ1) is 14.2. The summed E-state index contributed by atoms with van der Waals surface area (Å²) in [4.78, 5) is 11.4. The number of aliphatic hydroxyl groups excluding tert-OH is 2. The predicted octanol–water partition coefficient (Wildman–Crippen LogP) is 0.915. The summed E-state index contributed by atoms with van der Waals surface area (Å²) in [5.41, 5.74) is 1.48. The molecule has 98 valence electrons. The minimum Gasteiger partial charge on any atom is -0.463 e. The molecule has 2 N–H and O–H groups in total. The fourth-order valence-electron chi connectivity index (χ4n) is 1.32. The zero-order valence-electron chi connectivity index (χ0n) is 10.3. The van der Waals surface area contributed by atoms with Crippen molar-refractivity contribution >= 4 is 5.97 Å². The number of rotatable bonds is 5. The Labute approximate surface area is 105 Å². The average Bonchev–Trinajstić information content (AvgIpc) is 2.39. The van der Waals surface area contributed by atoms with Crippen molar-refractivity contribution in [2.75, 3.05) is 13.7 Å². The predicted molar refractivity (Wildman–Crippen MR) is 64.9 cm³/mol. The Hall–Kier alpha value is -1.85. The van der Waals surface area contributed by atoms with Crippen molar-refractivity contribution in [2.45, 2.75) is 13.5 Å². The summed E-state index contributed by atoms with van der Waals surface area (Å²) in [6.07, 6.45) is 1.22. The molecule has 0 fully saturated rings. The number of carbonyl (C=O) groups is 1. The van der Waals surface area contributed by atoms with Crippen molar-refractivity contribution in [3.63, 3.8) is 0 Å². The summed E-state index contributed by atoms with van der Waals surface area (Å²) in [5, 5.41) is 17.9. The molecule has 0 aliphatic rings. The second-order valence-corrected chi connectivity index (χ2v) is 3.60. The SMILES string of the molecule is COC(=O)/C(=C/CO)Oc1cc(CO)ccc1C. The van der Waals surface area contributed by atoms with Crippen LogP contribution in [0, 0.1) is 6.92 Å². The molecule has 5 heteroatoms. The van der Waals surface area contributed by atoms with Crippen molar-refractivity contribution in [3.05, 3.63) is 41.2 Å². The maximum absolute atomic E-state index is 11.4. The highest BCUT2D eigenvalue weighted by Gasteiger charge is 2.13. The molecule has 0 radical (unpaired) electrons. The van der Waals surface area contributed by atoms with Gasteiger partial charge in [0.1, 0.15) is 5.75 Å². The summed E-state index contributed by atoms with van der Waals surface area (Å²) in [6.45, 7) is 1.36. The quantitative estimate of drug-likeness (QED) is 0.463. The van der Waals surface area contributed by atoms with Gasteiger partial charge in [-0.3, -0.25) is 0 Å². The molecular weight excluding hydrogens is 236 g/mol. The van der Waals surface area contributed by atoms with Gasteiger partial charge in [-0.2, -0.15) is 0 Å². The normalized spacial score (nSPS) is 11.2. The number of aliphatic hydroxyl groups is 2. The molecule has 0 aliphatic carbocycles. The maximum Gasteiger partial charge on any atom is 0.373 e. The Kier molecular flexibility index (Phi) is 5.35. The molecule has 1 aromatic rings. The van der Waals surface area contributed by atoms with E-state index in [4.69, 9.17) is 14.9 Å². The van der Waals surface area contributed by atoms with E-state index >= 15 is 0 Å². The van der Waals surface area contributed by atoms with Gasteiger partial charge in [0.2, 0.25) is 5.76 Å². The van der Waals surface area contributed by atoms with Crippen molar-refractivity contribution < 1.29 is 24.5 Å². The summed E-state index contributed by atoms with van der Waals surface area (Å²) in [6, 6.07) is 5.16. The van der Waals surface area contributed by atoms with Gasteiger partial charge < -0.3 is 19.7 Å². The van der Waals surface area contributed by atoms with Gasteiger partial charge in [-0.05, 0) is 30.2 Å². The van der Waals surface area contributed by atoms with Crippen LogP contribution < -0.4 is 4.74 Å². The van der Waals surface area contributed by atoms with E-state index in [1.165, 1.54) is 13.2 Å². The molecule has 0 unspecified atom stereocenters. The number of esters is 1. The molecule has 0 aliphatic heterocycles. The monoisotopic (exact) mass is 252 g/mol. The van der Waals surface area contributed by atoms with E-state index in [9.17, 15) is 4.79 Å². The molecule has 0 heterocycles. The Bertz CT molecular complexity index is 451. The number of benzene rings is 1. The third-order valence-electron chi connectivity index (χ3n) is 2.32. The van der Waals surface area contributed by atoms with Crippen LogP contribution in [0.3, 0.4) is 0 Å². The number of hydrogen-bond acceptors (Lipinski definition) is 5. The van der Waals surface area contributed by atoms with Crippen molar-refractivity contribution in [1.29, 1.82) is 0 Å². The summed E-state index contributed by atoms with van der Waals surface area (Å²) in [7, 11) is 1.23. The third-order valence-corrected chi connectivity index (χ3v) is 2.32. The highest BCUT2D eigenvalue weighted by molar-refractivity contribution is 5.86. The molecule has 18 heavy (non-hydrogen) atoms. The first-order valence-electron chi connectivity index (χ1n) is 5.40. The largest absolute Gasteiger partial charge is 0.463 e.